The van der Waals surface area contributed by atoms with Crippen LogP contribution in [0, 0.1) is 0 Å². The topological polar surface area (TPSA) is 74.4 Å². The van der Waals surface area contributed by atoms with Gasteiger partial charge in [0.05, 0.1) is 18.4 Å². The first kappa shape index (κ1) is 18.4. The molecule has 0 bridgehead atoms. The first-order valence-electron chi connectivity index (χ1n) is 9.06. The number of aromatic amines is 1. The van der Waals surface area contributed by atoms with E-state index in [4.69, 9.17) is 16.3 Å². The van der Waals surface area contributed by atoms with E-state index in [0.29, 0.717) is 22.6 Å². The molecule has 1 saturated heterocycles. The Kier molecular flexibility index (Phi) is 4.96. The van der Waals surface area contributed by atoms with Gasteiger partial charge in [-0.1, -0.05) is 29.8 Å². The summed E-state index contributed by atoms with van der Waals surface area (Å²) in [4.78, 5) is 29.7. The molecule has 3 aromatic rings. The zero-order valence-corrected chi connectivity index (χ0v) is 16.1. The number of hydrogen-bond acceptors (Lipinski definition) is 4. The summed E-state index contributed by atoms with van der Waals surface area (Å²) < 4.78 is 5.43. The third-order valence-corrected chi connectivity index (χ3v) is 5.24. The molecule has 1 fully saturated rings. The Morgan fingerprint density at radius 1 is 1.25 bits per heavy atom. The fraction of sp³-hybridized carbons (Fsp3) is 0.238. The largest absolute Gasteiger partial charge is 0.495 e. The normalized spacial score (nSPS) is 16.4. The summed E-state index contributed by atoms with van der Waals surface area (Å²) in [6.07, 6.45) is 0.794. The maximum atomic E-state index is 12.9. The number of pyridine rings is 1. The molecule has 0 radical (unpaired) electrons. The van der Waals surface area contributed by atoms with Gasteiger partial charge in [-0.25, -0.2) is 0 Å². The van der Waals surface area contributed by atoms with Crippen molar-refractivity contribution in [3.05, 3.63) is 69.5 Å². The summed E-state index contributed by atoms with van der Waals surface area (Å²) in [5, 5.41) is 4.42. The molecule has 0 saturated carbocycles. The van der Waals surface area contributed by atoms with E-state index < -0.39 is 0 Å². The first-order valence-corrected chi connectivity index (χ1v) is 9.44. The maximum absolute atomic E-state index is 12.9. The van der Waals surface area contributed by atoms with Crippen LogP contribution >= 0.6 is 11.6 Å². The molecule has 1 amide bonds. The number of carbonyl (C=O) groups is 1. The smallest absolute Gasteiger partial charge is 0.252 e. The van der Waals surface area contributed by atoms with Gasteiger partial charge in [0.25, 0.3) is 5.91 Å². The Bertz CT molecular complexity index is 1100. The lowest BCUT2D eigenvalue weighted by Gasteiger charge is -2.22. The molecule has 1 atom stereocenters. The molecule has 4 rings (SSSR count). The summed E-state index contributed by atoms with van der Waals surface area (Å²) in [5.41, 5.74) is 1.66. The number of nitrogens with one attached hydrogen (secondary N) is 2. The lowest BCUT2D eigenvalue weighted by molar-refractivity contribution is 0.0942. The van der Waals surface area contributed by atoms with Crippen molar-refractivity contribution in [1.82, 2.24) is 10.3 Å². The van der Waals surface area contributed by atoms with Gasteiger partial charge in [0, 0.05) is 41.1 Å². The Morgan fingerprint density at radius 2 is 2.07 bits per heavy atom. The van der Waals surface area contributed by atoms with Gasteiger partial charge in [-0.3, -0.25) is 9.59 Å². The number of para-hydroxylation sites is 1. The molecule has 28 heavy (non-hydrogen) atoms. The number of benzene rings is 2. The number of nitrogens with zero attached hydrogens (tertiary/aromatic N) is 1. The number of carbonyl (C=O) groups excluding carboxylic acids is 1. The molecule has 2 aromatic carbocycles. The Labute approximate surface area is 167 Å². The second-order valence-electron chi connectivity index (χ2n) is 6.81. The summed E-state index contributed by atoms with van der Waals surface area (Å²) in [6.45, 7) is 1.42. The van der Waals surface area contributed by atoms with Crippen molar-refractivity contribution in [2.75, 3.05) is 25.1 Å². The van der Waals surface area contributed by atoms with Crippen molar-refractivity contribution in [1.29, 1.82) is 0 Å². The summed E-state index contributed by atoms with van der Waals surface area (Å²) >= 11 is 6.14. The van der Waals surface area contributed by atoms with Crippen molar-refractivity contribution in [2.45, 2.75) is 12.5 Å². The number of aromatic nitrogens is 1. The quantitative estimate of drug-likeness (QED) is 0.709. The third-order valence-electron chi connectivity index (χ3n) is 5.00. The monoisotopic (exact) mass is 397 g/mol. The zero-order valence-electron chi connectivity index (χ0n) is 15.4. The van der Waals surface area contributed by atoms with Crippen molar-refractivity contribution in [3.63, 3.8) is 0 Å². The Hall–Kier alpha value is -2.99. The summed E-state index contributed by atoms with van der Waals surface area (Å²) in [6, 6.07) is 14.1. The number of H-pyrrole nitrogens is 1. The van der Waals surface area contributed by atoms with Crippen LogP contribution in [0.15, 0.2) is 53.3 Å². The van der Waals surface area contributed by atoms with Gasteiger partial charge in [-0.05, 0) is 30.7 Å². The Morgan fingerprint density at radius 3 is 2.89 bits per heavy atom. The minimum absolute atomic E-state index is 0.0331. The van der Waals surface area contributed by atoms with E-state index in [9.17, 15) is 9.59 Å². The minimum Gasteiger partial charge on any atom is -0.495 e. The highest BCUT2D eigenvalue weighted by Gasteiger charge is 2.27. The van der Waals surface area contributed by atoms with Crippen molar-refractivity contribution in [3.8, 4) is 5.75 Å². The van der Waals surface area contributed by atoms with Gasteiger partial charge in [0.2, 0.25) is 5.56 Å². The molecule has 144 valence electrons. The highest BCUT2D eigenvalue weighted by Crippen LogP contribution is 2.33. The van der Waals surface area contributed by atoms with E-state index in [2.05, 4.69) is 15.2 Å². The van der Waals surface area contributed by atoms with Crippen molar-refractivity contribution in [2.24, 2.45) is 0 Å². The van der Waals surface area contributed by atoms with Gasteiger partial charge in [0.15, 0.2) is 0 Å². The predicted octanol–water partition coefficient (Wildman–Crippen LogP) is 3.20. The second-order valence-corrected chi connectivity index (χ2v) is 7.25. The molecule has 2 heterocycles. The van der Waals surface area contributed by atoms with Crippen molar-refractivity contribution < 1.29 is 9.53 Å². The molecule has 1 aliphatic rings. The molecular formula is C21H20ClN3O3. The van der Waals surface area contributed by atoms with Crippen molar-refractivity contribution >= 4 is 34.1 Å². The minimum atomic E-state index is -0.291. The predicted molar refractivity (Wildman–Crippen MR) is 111 cm³/mol. The second kappa shape index (κ2) is 7.56. The SMILES string of the molecule is COc1ccc(Cl)cc1N1CCC(NC(=O)c2cc(=O)[nH]c3ccccc23)C1. The molecule has 0 spiro atoms. The highest BCUT2D eigenvalue weighted by molar-refractivity contribution is 6.31. The van der Waals surface area contributed by atoms with Crippen LogP contribution in [-0.4, -0.2) is 37.1 Å². The lowest BCUT2D eigenvalue weighted by Crippen LogP contribution is -2.37. The number of methoxy groups -OCH3 is 1. The molecule has 0 aliphatic carbocycles. The standard InChI is InChI=1S/C21H20ClN3O3/c1-28-19-7-6-13(22)10-18(19)25-9-8-14(12-25)23-21(27)16-11-20(26)24-17-5-3-2-4-15(16)17/h2-7,10-11,14H,8-9,12H2,1H3,(H,23,27)(H,24,26). The number of hydrogen-bond donors (Lipinski definition) is 2. The number of fused-ring (bicyclic) bond motifs is 1. The average Bonchev–Trinajstić information content (AvgIpc) is 3.15. The van der Waals surface area contributed by atoms with E-state index in [-0.39, 0.29) is 17.5 Å². The molecule has 2 N–H and O–H groups in total. The first-order chi connectivity index (χ1) is 13.5. The zero-order chi connectivity index (χ0) is 19.7. The fourth-order valence-electron chi connectivity index (χ4n) is 3.66. The number of amides is 1. The van der Waals surface area contributed by atoms with Crippen LogP contribution in [-0.2, 0) is 0 Å². The van der Waals surface area contributed by atoms with Crippen LogP contribution in [0.1, 0.15) is 16.8 Å². The van der Waals surface area contributed by atoms with Crippen LogP contribution in [0.4, 0.5) is 5.69 Å². The van der Waals surface area contributed by atoms with Crippen LogP contribution in [0.5, 0.6) is 5.75 Å². The van der Waals surface area contributed by atoms with Gasteiger partial charge in [-0.15, -0.1) is 0 Å². The van der Waals surface area contributed by atoms with Crippen LogP contribution in [0.3, 0.4) is 0 Å². The van der Waals surface area contributed by atoms with E-state index in [1.165, 1.54) is 6.07 Å². The lowest BCUT2D eigenvalue weighted by atomic mass is 10.1. The fourth-order valence-corrected chi connectivity index (χ4v) is 3.83. The number of ether oxygens (including phenoxy) is 1. The van der Waals surface area contributed by atoms with Gasteiger partial charge >= 0.3 is 0 Å². The van der Waals surface area contributed by atoms with Crippen LogP contribution < -0.4 is 20.5 Å². The van der Waals surface area contributed by atoms with E-state index in [0.717, 1.165) is 29.8 Å². The van der Waals surface area contributed by atoms with Gasteiger partial charge in [0.1, 0.15) is 5.75 Å². The summed E-state index contributed by atoms with van der Waals surface area (Å²) in [5.74, 6) is 0.504. The molecule has 1 unspecified atom stereocenters. The number of rotatable bonds is 4. The van der Waals surface area contributed by atoms with Crippen LogP contribution in [0.25, 0.3) is 10.9 Å². The molecule has 1 aromatic heterocycles. The molecule has 7 heteroatoms. The number of anilines is 1. The summed E-state index contributed by atoms with van der Waals surface area (Å²) in [7, 11) is 1.63. The van der Waals surface area contributed by atoms with E-state index >= 15 is 0 Å². The molecular weight excluding hydrogens is 378 g/mol. The molecule has 1 aliphatic heterocycles. The van der Waals surface area contributed by atoms with Crippen LogP contribution in [0.2, 0.25) is 5.02 Å². The van der Waals surface area contributed by atoms with E-state index in [1.807, 2.05) is 30.3 Å². The third kappa shape index (κ3) is 3.55. The highest BCUT2D eigenvalue weighted by atomic mass is 35.5. The maximum Gasteiger partial charge on any atom is 0.252 e. The van der Waals surface area contributed by atoms with E-state index in [1.54, 1.807) is 19.2 Å². The van der Waals surface area contributed by atoms with Gasteiger partial charge in [-0.2, -0.15) is 0 Å². The molecule has 6 nitrogen and oxygen atoms in total. The number of halogens is 1. The Balaban J connectivity index is 1.53. The van der Waals surface area contributed by atoms with Gasteiger partial charge < -0.3 is 19.9 Å². The average molecular weight is 398 g/mol.